The molecule has 11 heteroatoms. The van der Waals surface area contributed by atoms with Crippen LogP contribution in [0.5, 0.6) is 5.88 Å². The summed E-state index contributed by atoms with van der Waals surface area (Å²) in [6.07, 6.45) is -4.53. The second-order valence-electron chi connectivity index (χ2n) is 2.82. The number of ether oxygens (including phenoxy) is 1. The molecular formula is C7H3ClF3N3O3S. The predicted molar refractivity (Wildman–Crippen MR) is 53.1 cm³/mol. The van der Waals surface area contributed by atoms with E-state index in [1.54, 1.807) is 0 Å². The van der Waals surface area contributed by atoms with Crippen molar-refractivity contribution in [3.8, 4) is 11.9 Å². The number of alkyl halides is 3. The summed E-state index contributed by atoms with van der Waals surface area (Å²) in [6.45, 7) is 0. The number of aromatic nitrogens is 1. The van der Waals surface area contributed by atoms with Crippen LogP contribution in [0.4, 0.5) is 18.9 Å². The Morgan fingerprint density at radius 3 is 2.44 bits per heavy atom. The molecule has 18 heavy (non-hydrogen) atoms. The first-order valence-corrected chi connectivity index (χ1v) is 6.26. The topological polar surface area (TPSA) is 106 Å². The van der Waals surface area contributed by atoms with Crippen molar-refractivity contribution in [2.24, 2.45) is 0 Å². The zero-order valence-corrected chi connectivity index (χ0v) is 9.77. The molecule has 1 rings (SSSR count). The van der Waals surface area contributed by atoms with Crippen LogP contribution in [-0.2, 0) is 9.05 Å². The van der Waals surface area contributed by atoms with E-state index in [0.717, 1.165) is 0 Å². The van der Waals surface area contributed by atoms with E-state index in [1.165, 1.54) is 6.07 Å². The number of hydrogen-bond acceptors (Lipinski definition) is 6. The summed E-state index contributed by atoms with van der Waals surface area (Å²) in [7, 11) is 0.238. The highest BCUT2D eigenvalue weighted by molar-refractivity contribution is 8.13. The number of nitrogen functional groups attached to an aromatic ring is 1. The molecule has 0 unspecified atom stereocenters. The monoisotopic (exact) mass is 301 g/mol. The quantitative estimate of drug-likeness (QED) is 0.827. The zero-order valence-electron chi connectivity index (χ0n) is 8.19. The minimum absolute atomic E-state index is 0.439. The SMILES string of the molecule is N#Cc1c(N)cnc(OC(F)(F)F)c1S(=O)(=O)Cl. The summed E-state index contributed by atoms with van der Waals surface area (Å²) in [5, 5.41) is 8.67. The van der Waals surface area contributed by atoms with Crippen molar-refractivity contribution in [2.75, 3.05) is 5.73 Å². The molecule has 1 aromatic heterocycles. The fourth-order valence-electron chi connectivity index (χ4n) is 1.01. The molecule has 0 fully saturated rings. The van der Waals surface area contributed by atoms with Crippen LogP contribution < -0.4 is 10.5 Å². The van der Waals surface area contributed by atoms with Crippen molar-refractivity contribution in [3.63, 3.8) is 0 Å². The van der Waals surface area contributed by atoms with Crippen LogP contribution in [0.1, 0.15) is 5.56 Å². The van der Waals surface area contributed by atoms with Gasteiger partial charge >= 0.3 is 6.36 Å². The number of nitrogens with two attached hydrogens (primary N) is 1. The summed E-state index contributed by atoms with van der Waals surface area (Å²) >= 11 is 0. The van der Waals surface area contributed by atoms with Gasteiger partial charge in [-0.1, -0.05) is 0 Å². The first-order chi connectivity index (χ1) is 8.06. The van der Waals surface area contributed by atoms with Gasteiger partial charge in [0.05, 0.1) is 11.9 Å². The Bertz CT molecular complexity index is 623. The van der Waals surface area contributed by atoms with E-state index in [1.807, 2.05) is 0 Å². The van der Waals surface area contributed by atoms with Crippen LogP contribution in [0.2, 0.25) is 0 Å². The first kappa shape index (κ1) is 14.3. The summed E-state index contributed by atoms with van der Waals surface area (Å²) in [6, 6.07) is 1.32. The van der Waals surface area contributed by atoms with Crippen molar-refractivity contribution in [3.05, 3.63) is 11.8 Å². The van der Waals surface area contributed by atoms with E-state index in [-0.39, 0.29) is 0 Å². The van der Waals surface area contributed by atoms with Gasteiger partial charge in [0, 0.05) is 10.7 Å². The van der Waals surface area contributed by atoms with Crippen LogP contribution in [0.3, 0.4) is 0 Å². The number of rotatable bonds is 2. The Balaban J connectivity index is 3.61. The fraction of sp³-hybridized carbons (Fsp3) is 0.143. The summed E-state index contributed by atoms with van der Waals surface area (Å²) < 4.78 is 61.8. The predicted octanol–water partition coefficient (Wildman–Crippen LogP) is 1.36. The third-order valence-electron chi connectivity index (χ3n) is 1.60. The van der Waals surface area contributed by atoms with Gasteiger partial charge in [-0.3, -0.25) is 0 Å². The smallest absolute Gasteiger partial charge is 0.396 e. The molecule has 0 aliphatic rings. The number of nitrogens with zero attached hydrogens (tertiary/aromatic N) is 2. The van der Waals surface area contributed by atoms with E-state index in [0.29, 0.717) is 6.20 Å². The van der Waals surface area contributed by atoms with Gasteiger partial charge in [0.2, 0.25) is 5.88 Å². The van der Waals surface area contributed by atoms with Crippen molar-refractivity contribution in [2.45, 2.75) is 11.3 Å². The normalized spacial score (nSPS) is 11.9. The molecule has 0 atom stereocenters. The number of halogens is 4. The van der Waals surface area contributed by atoms with Gasteiger partial charge in [0.1, 0.15) is 11.6 Å². The molecule has 0 amide bonds. The van der Waals surface area contributed by atoms with E-state index in [4.69, 9.17) is 21.7 Å². The lowest BCUT2D eigenvalue weighted by Gasteiger charge is -2.12. The van der Waals surface area contributed by atoms with Crippen LogP contribution in [0, 0.1) is 11.3 Å². The van der Waals surface area contributed by atoms with Gasteiger partial charge in [-0.05, 0) is 0 Å². The molecule has 6 nitrogen and oxygen atoms in total. The van der Waals surface area contributed by atoms with E-state index < -0.39 is 37.4 Å². The van der Waals surface area contributed by atoms with Gasteiger partial charge in [-0.15, -0.1) is 13.2 Å². The highest BCUT2D eigenvalue weighted by Crippen LogP contribution is 2.34. The molecule has 0 spiro atoms. The highest BCUT2D eigenvalue weighted by atomic mass is 35.7. The maximum atomic E-state index is 12.0. The molecule has 98 valence electrons. The van der Waals surface area contributed by atoms with Gasteiger partial charge in [-0.25, -0.2) is 13.4 Å². The van der Waals surface area contributed by atoms with Crippen molar-refractivity contribution in [1.29, 1.82) is 5.26 Å². The third-order valence-corrected chi connectivity index (χ3v) is 2.93. The maximum Gasteiger partial charge on any atom is 0.574 e. The molecule has 0 saturated carbocycles. The van der Waals surface area contributed by atoms with Crippen molar-refractivity contribution in [1.82, 2.24) is 4.98 Å². The first-order valence-electron chi connectivity index (χ1n) is 3.95. The van der Waals surface area contributed by atoms with Crippen molar-refractivity contribution < 1.29 is 26.3 Å². The second-order valence-corrected chi connectivity index (χ2v) is 5.32. The van der Waals surface area contributed by atoms with Crippen LogP contribution in [0.15, 0.2) is 11.1 Å². The Morgan fingerprint density at radius 2 is 2.06 bits per heavy atom. The summed E-state index contributed by atoms with van der Waals surface area (Å²) in [5.41, 5.74) is 4.01. The molecule has 0 bridgehead atoms. The average Bonchev–Trinajstić information content (AvgIpc) is 2.16. The molecule has 0 aliphatic carbocycles. The molecule has 0 aliphatic heterocycles. The van der Waals surface area contributed by atoms with Crippen LogP contribution >= 0.6 is 10.7 Å². The largest absolute Gasteiger partial charge is 0.574 e. The Kier molecular flexibility index (Phi) is 3.59. The van der Waals surface area contributed by atoms with Crippen LogP contribution in [-0.4, -0.2) is 19.8 Å². The standard InChI is InChI=1S/C7H3ClF3N3O3S/c8-18(15,16)5-3(1-12)4(13)2-14-6(5)17-7(9,10)11/h2H,13H2. The van der Waals surface area contributed by atoms with Gasteiger partial charge in [-0.2, -0.15) is 5.26 Å². The molecule has 1 aromatic rings. The molecule has 1 heterocycles. The number of hydrogen-bond donors (Lipinski definition) is 1. The van der Waals surface area contributed by atoms with Gasteiger partial charge in [0.15, 0.2) is 4.90 Å². The average molecular weight is 302 g/mol. The zero-order chi connectivity index (χ0) is 14.1. The van der Waals surface area contributed by atoms with E-state index in [9.17, 15) is 21.6 Å². The fourth-order valence-corrected chi connectivity index (χ4v) is 2.15. The minimum atomic E-state index is -5.19. The molecular weight excluding hydrogens is 299 g/mol. The van der Waals surface area contributed by atoms with Gasteiger partial charge in [0.25, 0.3) is 9.05 Å². The minimum Gasteiger partial charge on any atom is -0.396 e. The third kappa shape index (κ3) is 3.14. The lowest BCUT2D eigenvalue weighted by Crippen LogP contribution is -2.20. The number of pyridine rings is 1. The molecule has 2 N–H and O–H groups in total. The van der Waals surface area contributed by atoms with E-state index >= 15 is 0 Å². The molecule has 0 saturated heterocycles. The Labute approximate surface area is 103 Å². The lowest BCUT2D eigenvalue weighted by molar-refractivity contribution is -0.277. The number of nitriles is 1. The Morgan fingerprint density at radius 1 is 1.50 bits per heavy atom. The second kappa shape index (κ2) is 4.51. The summed E-state index contributed by atoms with van der Waals surface area (Å²) in [4.78, 5) is 1.84. The number of anilines is 1. The van der Waals surface area contributed by atoms with E-state index in [2.05, 4.69) is 9.72 Å². The highest BCUT2D eigenvalue weighted by Gasteiger charge is 2.36. The van der Waals surface area contributed by atoms with Gasteiger partial charge < -0.3 is 10.5 Å². The molecule has 0 aromatic carbocycles. The van der Waals surface area contributed by atoms with Crippen LogP contribution in [0.25, 0.3) is 0 Å². The molecule has 0 radical (unpaired) electrons. The maximum absolute atomic E-state index is 12.0. The lowest BCUT2D eigenvalue weighted by atomic mass is 10.2. The summed E-state index contributed by atoms with van der Waals surface area (Å²) in [5.74, 6) is -1.36. The Hall–Kier alpha value is -1.73. The van der Waals surface area contributed by atoms with Crippen molar-refractivity contribution >= 4 is 25.4 Å².